The molecule has 1 aliphatic heterocycles. The van der Waals surface area contributed by atoms with Gasteiger partial charge in [0.15, 0.2) is 0 Å². The van der Waals surface area contributed by atoms with Crippen molar-refractivity contribution in [1.29, 1.82) is 0 Å². The van der Waals surface area contributed by atoms with Crippen LogP contribution in [0.2, 0.25) is 10.0 Å². The van der Waals surface area contributed by atoms with E-state index in [1.54, 1.807) is 4.68 Å². The molecule has 1 aromatic heterocycles. The molecule has 1 amide bonds. The first-order valence-electron chi connectivity index (χ1n) is 9.19. The number of amides is 1. The Morgan fingerprint density at radius 3 is 2.55 bits per heavy atom. The van der Waals surface area contributed by atoms with Crippen molar-refractivity contribution in [2.24, 2.45) is 5.92 Å². The van der Waals surface area contributed by atoms with Gasteiger partial charge in [0, 0.05) is 21.7 Å². The predicted octanol–water partition coefficient (Wildman–Crippen LogP) is 5.24. The number of rotatable bonds is 4. The fraction of sp³-hybridized carbons (Fsp3) is 0.190. The van der Waals surface area contributed by atoms with Crippen molar-refractivity contribution >= 4 is 46.7 Å². The molecule has 0 bridgehead atoms. The molecule has 4 rings (SSSR count). The zero-order valence-electron chi connectivity index (χ0n) is 15.9. The highest BCUT2D eigenvalue weighted by Gasteiger charge is 2.27. The molecule has 0 spiro atoms. The van der Waals surface area contributed by atoms with E-state index in [9.17, 15) is 4.79 Å². The van der Waals surface area contributed by atoms with Crippen LogP contribution in [-0.2, 0) is 4.79 Å². The molecule has 1 aliphatic rings. The first kappa shape index (κ1) is 19.5. The molecule has 0 radical (unpaired) electrons. The SMILES string of the molecule is CC(C)C(=O)Nc1nc2n(n1)[C@@H](c1ccccc1Cl)C=C(c1ccc(Cl)cc1)N2. The zero-order chi connectivity index (χ0) is 20.5. The van der Waals surface area contributed by atoms with Gasteiger partial charge in [-0.2, -0.15) is 4.98 Å². The van der Waals surface area contributed by atoms with Crippen molar-refractivity contribution in [3.8, 4) is 0 Å². The second-order valence-corrected chi connectivity index (χ2v) is 7.87. The Bertz CT molecular complexity index is 1090. The van der Waals surface area contributed by atoms with E-state index in [1.165, 1.54) is 0 Å². The van der Waals surface area contributed by atoms with E-state index in [0.29, 0.717) is 16.0 Å². The van der Waals surface area contributed by atoms with Gasteiger partial charge in [-0.1, -0.05) is 67.4 Å². The van der Waals surface area contributed by atoms with Gasteiger partial charge in [0.2, 0.25) is 11.9 Å². The monoisotopic (exact) mass is 427 g/mol. The Morgan fingerprint density at radius 1 is 1.14 bits per heavy atom. The maximum absolute atomic E-state index is 12.1. The third-order valence-corrected chi connectivity index (χ3v) is 5.20. The highest BCUT2D eigenvalue weighted by Crippen LogP contribution is 2.36. The molecule has 8 heteroatoms. The van der Waals surface area contributed by atoms with Crippen LogP contribution < -0.4 is 10.6 Å². The van der Waals surface area contributed by atoms with Crippen molar-refractivity contribution in [1.82, 2.24) is 14.8 Å². The summed E-state index contributed by atoms with van der Waals surface area (Å²) >= 11 is 12.5. The van der Waals surface area contributed by atoms with E-state index in [0.717, 1.165) is 16.8 Å². The lowest BCUT2D eigenvalue weighted by Gasteiger charge is -2.24. The number of carbonyl (C=O) groups is 1. The number of hydrogen-bond acceptors (Lipinski definition) is 4. The molecule has 3 aromatic rings. The first-order valence-corrected chi connectivity index (χ1v) is 9.94. The summed E-state index contributed by atoms with van der Waals surface area (Å²) in [5.74, 6) is 0.439. The molecule has 0 saturated carbocycles. The van der Waals surface area contributed by atoms with Gasteiger partial charge in [0.25, 0.3) is 5.95 Å². The van der Waals surface area contributed by atoms with Gasteiger partial charge in [0.1, 0.15) is 6.04 Å². The minimum Gasteiger partial charge on any atom is -0.324 e. The highest BCUT2D eigenvalue weighted by molar-refractivity contribution is 6.31. The van der Waals surface area contributed by atoms with Gasteiger partial charge < -0.3 is 5.32 Å². The van der Waals surface area contributed by atoms with E-state index in [2.05, 4.69) is 20.7 Å². The van der Waals surface area contributed by atoms with Gasteiger partial charge in [-0.3, -0.25) is 10.1 Å². The third-order valence-electron chi connectivity index (χ3n) is 4.60. The zero-order valence-corrected chi connectivity index (χ0v) is 17.4. The lowest BCUT2D eigenvalue weighted by Crippen LogP contribution is -2.21. The number of aromatic nitrogens is 3. The van der Waals surface area contributed by atoms with Crippen LogP contribution in [0.3, 0.4) is 0 Å². The number of anilines is 2. The molecule has 0 fully saturated rings. The Hall–Kier alpha value is -2.83. The molecular weight excluding hydrogens is 409 g/mol. The molecule has 2 heterocycles. The van der Waals surface area contributed by atoms with Crippen LogP contribution in [0.15, 0.2) is 54.6 Å². The smallest absolute Gasteiger partial charge is 0.250 e. The second-order valence-electron chi connectivity index (χ2n) is 7.03. The Morgan fingerprint density at radius 2 is 1.86 bits per heavy atom. The van der Waals surface area contributed by atoms with Crippen molar-refractivity contribution in [2.45, 2.75) is 19.9 Å². The lowest BCUT2D eigenvalue weighted by molar-refractivity contribution is -0.118. The number of fused-ring (bicyclic) bond motifs is 1. The summed E-state index contributed by atoms with van der Waals surface area (Å²) in [4.78, 5) is 16.6. The minimum absolute atomic E-state index is 0.145. The maximum Gasteiger partial charge on any atom is 0.250 e. The summed E-state index contributed by atoms with van der Waals surface area (Å²) in [7, 11) is 0. The van der Waals surface area contributed by atoms with Crippen LogP contribution in [0.25, 0.3) is 5.70 Å². The van der Waals surface area contributed by atoms with Crippen LogP contribution in [-0.4, -0.2) is 20.7 Å². The van der Waals surface area contributed by atoms with Crippen molar-refractivity contribution in [2.75, 3.05) is 10.6 Å². The molecule has 29 heavy (non-hydrogen) atoms. The number of carbonyl (C=O) groups excluding carboxylic acids is 1. The van der Waals surface area contributed by atoms with Gasteiger partial charge in [0.05, 0.1) is 0 Å². The molecule has 1 atom stereocenters. The number of hydrogen-bond donors (Lipinski definition) is 2. The number of nitrogens with zero attached hydrogens (tertiary/aromatic N) is 3. The molecular formula is C21H19Cl2N5O. The first-order chi connectivity index (χ1) is 13.9. The van der Waals surface area contributed by atoms with Gasteiger partial charge in [-0.05, 0) is 35.4 Å². The van der Waals surface area contributed by atoms with E-state index in [1.807, 2.05) is 68.5 Å². The average molecular weight is 428 g/mol. The molecule has 148 valence electrons. The van der Waals surface area contributed by atoms with Crippen molar-refractivity contribution in [3.05, 3.63) is 75.8 Å². The van der Waals surface area contributed by atoms with Crippen LogP contribution in [0, 0.1) is 5.92 Å². The van der Waals surface area contributed by atoms with E-state index in [-0.39, 0.29) is 23.8 Å². The van der Waals surface area contributed by atoms with Crippen LogP contribution in [0.5, 0.6) is 0 Å². The van der Waals surface area contributed by atoms with E-state index >= 15 is 0 Å². The molecule has 0 aliphatic carbocycles. The minimum atomic E-state index is -0.289. The van der Waals surface area contributed by atoms with Crippen LogP contribution in [0.4, 0.5) is 11.9 Å². The highest BCUT2D eigenvalue weighted by atomic mass is 35.5. The molecule has 0 saturated heterocycles. The van der Waals surface area contributed by atoms with Gasteiger partial charge >= 0.3 is 0 Å². The maximum atomic E-state index is 12.1. The number of halogens is 2. The van der Waals surface area contributed by atoms with Crippen molar-refractivity contribution in [3.63, 3.8) is 0 Å². The quantitative estimate of drug-likeness (QED) is 0.597. The molecule has 2 N–H and O–H groups in total. The molecule has 2 aromatic carbocycles. The third kappa shape index (κ3) is 3.99. The van der Waals surface area contributed by atoms with Gasteiger partial charge in [-0.15, -0.1) is 5.10 Å². The Balaban J connectivity index is 1.78. The predicted molar refractivity (Wildman–Crippen MR) is 116 cm³/mol. The van der Waals surface area contributed by atoms with Crippen LogP contribution in [0.1, 0.15) is 31.0 Å². The number of benzene rings is 2. The van der Waals surface area contributed by atoms with Gasteiger partial charge in [-0.25, -0.2) is 4.68 Å². The van der Waals surface area contributed by atoms with E-state index < -0.39 is 0 Å². The topological polar surface area (TPSA) is 71.8 Å². The number of allylic oxidation sites excluding steroid dienone is 1. The summed E-state index contributed by atoms with van der Waals surface area (Å²) < 4.78 is 1.72. The summed E-state index contributed by atoms with van der Waals surface area (Å²) in [6.07, 6.45) is 2.03. The van der Waals surface area contributed by atoms with Crippen molar-refractivity contribution < 1.29 is 4.79 Å². The average Bonchev–Trinajstić information content (AvgIpc) is 3.10. The normalized spacial score (nSPS) is 15.5. The lowest BCUT2D eigenvalue weighted by atomic mass is 10.0. The molecule has 6 nitrogen and oxygen atoms in total. The van der Waals surface area contributed by atoms with E-state index in [4.69, 9.17) is 23.2 Å². The molecule has 0 unspecified atom stereocenters. The second kappa shape index (κ2) is 7.89. The Labute approximate surface area is 178 Å². The Kier molecular flexibility index (Phi) is 5.30. The summed E-state index contributed by atoms with van der Waals surface area (Å²) in [5, 5.41) is 11.8. The summed E-state index contributed by atoms with van der Waals surface area (Å²) in [5.41, 5.74) is 2.69. The fourth-order valence-electron chi connectivity index (χ4n) is 3.03. The largest absolute Gasteiger partial charge is 0.324 e. The summed E-state index contributed by atoms with van der Waals surface area (Å²) in [6, 6.07) is 14.8. The fourth-order valence-corrected chi connectivity index (χ4v) is 3.41. The summed E-state index contributed by atoms with van der Waals surface area (Å²) in [6.45, 7) is 3.63. The standard InChI is InChI=1S/C21H19Cl2N5O/c1-12(2)19(29)25-20-26-21-24-17(13-7-9-14(22)10-8-13)11-18(28(21)27-20)15-5-3-4-6-16(15)23/h3-12,18H,1-2H3,(H2,24,25,26,27,29)/t18-/m1/s1. The number of nitrogens with one attached hydrogen (secondary N) is 2. The van der Waals surface area contributed by atoms with Crippen LogP contribution >= 0.6 is 23.2 Å².